The van der Waals surface area contributed by atoms with Gasteiger partial charge in [0.1, 0.15) is 11.8 Å². The van der Waals surface area contributed by atoms with Gasteiger partial charge in [-0.25, -0.2) is 0 Å². The number of likely N-dealkylation sites (N-methyl/N-ethyl adjacent to an activating group) is 1. The minimum Gasteiger partial charge on any atom is -0.496 e. The van der Waals surface area contributed by atoms with Crippen LogP contribution in [0.15, 0.2) is 48.5 Å². The highest BCUT2D eigenvalue weighted by Crippen LogP contribution is 2.18. The molecular formula is C21H25ClN2O3S. The molecule has 0 aromatic heterocycles. The molecule has 28 heavy (non-hydrogen) atoms. The van der Waals surface area contributed by atoms with Gasteiger partial charge in [-0.3, -0.25) is 9.59 Å². The van der Waals surface area contributed by atoms with Crippen molar-refractivity contribution in [2.45, 2.75) is 19.0 Å². The molecule has 0 bridgehead atoms. The number of rotatable bonds is 9. The van der Waals surface area contributed by atoms with Gasteiger partial charge in [0.05, 0.1) is 12.7 Å². The lowest BCUT2D eigenvalue weighted by Crippen LogP contribution is -2.47. The fraction of sp³-hybridized carbons (Fsp3) is 0.333. The Bertz CT molecular complexity index is 816. The van der Waals surface area contributed by atoms with Crippen molar-refractivity contribution >= 4 is 35.2 Å². The lowest BCUT2D eigenvalue weighted by Gasteiger charge is -2.25. The Morgan fingerprint density at radius 1 is 1.21 bits per heavy atom. The van der Waals surface area contributed by atoms with E-state index in [0.29, 0.717) is 29.3 Å². The summed E-state index contributed by atoms with van der Waals surface area (Å²) in [6.07, 6.45) is 2.51. The highest BCUT2D eigenvalue weighted by atomic mass is 35.5. The maximum absolute atomic E-state index is 13.0. The Hall–Kier alpha value is -2.18. The fourth-order valence-corrected chi connectivity index (χ4v) is 3.50. The van der Waals surface area contributed by atoms with Gasteiger partial charge < -0.3 is 15.0 Å². The number of hydrogen-bond acceptors (Lipinski definition) is 4. The van der Waals surface area contributed by atoms with Crippen LogP contribution in [-0.4, -0.2) is 48.9 Å². The molecule has 1 unspecified atom stereocenters. The van der Waals surface area contributed by atoms with Crippen LogP contribution < -0.4 is 10.1 Å². The molecule has 0 heterocycles. The van der Waals surface area contributed by atoms with E-state index in [1.165, 1.54) is 7.11 Å². The number of hydrogen-bond donors (Lipinski definition) is 1. The van der Waals surface area contributed by atoms with E-state index in [-0.39, 0.29) is 11.8 Å². The number of amides is 2. The zero-order chi connectivity index (χ0) is 20.5. The van der Waals surface area contributed by atoms with Crippen LogP contribution in [0.5, 0.6) is 5.75 Å². The molecule has 0 spiro atoms. The molecule has 0 saturated heterocycles. The summed E-state index contributed by atoms with van der Waals surface area (Å²) in [5, 5.41) is 3.50. The van der Waals surface area contributed by atoms with Gasteiger partial charge >= 0.3 is 0 Å². The Labute approximate surface area is 175 Å². The SMILES string of the molecule is COc1ccccc1C(=O)NC(CCSC)C(=O)N(C)Cc1cccc(Cl)c1. The molecule has 2 aromatic rings. The van der Waals surface area contributed by atoms with E-state index in [2.05, 4.69) is 5.32 Å². The topological polar surface area (TPSA) is 58.6 Å². The lowest BCUT2D eigenvalue weighted by molar-refractivity contribution is -0.132. The summed E-state index contributed by atoms with van der Waals surface area (Å²) in [7, 11) is 3.24. The summed E-state index contributed by atoms with van der Waals surface area (Å²) in [5.74, 6) is 0.766. The minimum atomic E-state index is -0.617. The van der Waals surface area contributed by atoms with Crippen LogP contribution in [0.1, 0.15) is 22.3 Å². The first-order chi connectivity index (χ1) is 13.5. The van der Waals surface area contributed by atoms with Gasteiger partial charge in [-0.15, -0.1) is 0 Å². The quantitative estimate of drug-likeness (QED) is 0.669. The third-order valence-electron chi connectivity index (χ3n) is 4.25. The largest absolute Gasteiger partial charge is 0.496 e. The minimum absolute atomic E-state index is 0.141. The molecule has 1 N–H and O–H groups in total. The molecule has 0 fully saturated rings. The van der Waals surface area contributed by atoms with E-state index in [1.54, 1.807) is 54.0 Å². The van der Waals surface area contributed by atoms with E-state index in [9.17, 15) is 9.59 Å². The molecular weight excluding hydrogens is 396 g/mol. The predicted octanol–water partition coefficient (Wildman–Crippen LogP) is 3.86. The van der Waals surface area contributed by atoms with Gasteiger partial charge in [-0.05, 0) is 48.3 Å². The van der Waals surface area contributed by atoms with Gasteiger partial charge in [-0.2, -0.15) is 11.8 Å². The number of halogens is 1. The number of carbonyl (C=O) groups is 2. The van der Waals surface area contributed by atoms with E-state index in [1.807, 2.05) is 24.5 Å². The molecule has 150 valence electrons. The first-order valence-corrected chi connectivity index (χ1v) is 10.7. The van der Waals surface area contributed by atoms with Crippen molar-refractivity contribution in [3.05, 3.63) is 64.7 Å². The summed E-state index contributed by atoms with van der Waals surface area (Å²) in [6, 6.07) is 13.7. The Balaban J connectivity index is 2.12. The van der Waals surface area contributed by atoms with Crippen molar-refractivity contribution in [1.29, 1.82) is 0 Å². The fourth-order valence-electron chi connectivity index (χ4n) is 2.81. The maximum atomic E-state index is 13.0. The van der Waals surface area contributed by atoms with Crippen LogP contribution in [0.25, 0.3) is 0 Å². The first-order valence-electron chi connectivity index (χ1n) is 8.88. The van der Waals surface area contributed by atoms with Crippen molar-refractivity contribution in [2.24, 2.45) is 0 Å². The maximum Gasteiger partial charge on any atom is 0.255 e. The average molecular weight is 421 g/mol. The van der Waals surface area contributed by atoms with Crippen LogP contribution >= 0.6 is 23.4 Å². The van der Waals surface area contributed by atoms with Crippen molar-refractivity contribution in [3.63, 3.8) is 0 Å². The van der Waals surface area contributed by atoms with Gasteiger partial charge in [-0.1, -0.05) is 35.9 Å². The van der Waals surface area contributed by atoms with Gasteiger partial charge in [0.2, 0.25) is 5.91 Å². The number of nitrogens with one attached hydrogen (secondary N) is 1. The highest BCUT2D eigenvalue weighted by molar-refractivity contribution is 7.98. The van der Waals surface area contributed by atoms with Gasteiger partial charge in [0.15, 0.2) is 0 Å². The van der Waals surface area contributed by atoms with Crippen molar-refractivity contribution < 1.29 is 14.3 Å². The summed E-state index contributed by atoms with van der Waals surface area (Å²) >= 11 is 7.66. The normalized spacial score (nSPS) is 11.6. The molecule has 0 radical (unpaired) electrons. The summed E-state index contributed by atoms with van der Waals surface area (Å²) in [5.41, 5.74) is 1.34. The summed E-state index contributed by atoms with van der Waals surface area (Å²) in [4.78, 5) is 27.3. The van der Waals surface area contributed by atoms with E-state index in [4.69, 9.17) is 16.3 Å². The molecule has 2 amide bonds. The van der Waals surface area contributed by atoms with E-state index in [0.717, 1.165) is 11.3 Å². The molecule has 5 nitrogen and oxygen atoms in total. The molecule has 1 atom stereocenters. The average Bonchev–Trinajstić information content (AvgIpc) is 2.70. The second-order valence-electron chi connectivity index (χ2n) is 6.33. The molecule has 2 rings (SSSR count). The molecule has 0 aliphatic carbocycles. The third kappa shape index (κ3) is 6.17. The molecule has 2 aromatic carbocycles. The highest BCUT2D eigenvalue weighted by Gasteiger charge is 2.25. The monoisotopic (exact) mass is 420 g/mol. The Morgan fingerprint density at radius 2 is 1.96 bits per heavy atom. The summed E-state index contributed by atoms with van der Waals surface area (Å²) in [6.45, 7) is 0.416. The Kier molecular flexibility index (Phi) is 8.67. The second kappa shape index (κ2) is 11.0. The van der Waals surface area contributed by atoms with Crippen molar-refractivity contribution in [3.8, 4) is 5.75 Å². The summed E-state index contributed by atoms with van der Waals surface area (Å²) < 4.78 is 5.25. The molecule has 0 aliphatic rings. The molecule has 0 saturated carbocycles. The number of nitrogens with zero attached hydrogens (tertiary/aromatic N) is 1. The smallest absolute Gasteiger partial charge is 0.255 e. The van der Waals surface area contributed by atoms with Crippen molar-refractivity contribution in [2.75, 3.05) is 26.2 Å². The van der Waals surface area contributed by atoms with Crippen LogP contribution in [0, 0.1) is 0 Å². The van der Waals surface area contributed by atoms with Crippen LogP contribution in [0.3, 0.4) is 0 Å². The number of carbonyl (C=O) groups excluding carboxylic acids is 2. The van der Waals surface area contributed by atoms with E-state index >= 15 is 0 Å². The Morgan fingerprint density at radius 3 is 2.64 bits per heavy atom. The zero-order valence-corrected chi connectivity index (χ0v) is 17.8. The molecule has 7 heteroatoms. The first kappa shape index (κ1) is 22.1. The molecule has 0 aliphatic heterocycles. The van der Waals surface area contributed by atoms with Crippen molar-refractivity contribution in [1.82, 2.24) is 10.2 Å². The standard InChI is InChI=1S/C21H25ClN2O3S/c1-24(14-15-7-6-8-16(22)13-15)21(26)18(11-12-28-3)23-20(25)17-9-4-5-10-19(17)27-2/h4-10,13,18H,11-12,14H2,1-3H3,(H,23,25). The number of ether oxygens (including phenoxy) is 1. The second-order valence-corrected chi connectivity index (χ2v) is 7.75. The van der Waals surface area contributed by atoms with Gasteiger partial charge in [0.25, 0.3) is 5.91 Å². The van der Waals surface area contributed by atoms with Gasteiger partial charge in [0, 0.05) is 18.6 Å². The lowest BCUT2D eigenvalue weighted by atomic mass is 10.1. The number of benzene rings is 2. The number of para-hydroxylation sites is 1. The number of methoxy groups -OCH3 is 1. The van der Waals surface area contributed by atoms with E-state index < -0.39 is 6.04 Å². The van der Waals surface area contributed by atoms with Crippen LogP contribution in [0.2, 0.25) is 5.02 Å². The zero-order valence-electron chi connectivity index (χ0n) is 16.3. The van der Waals surface area contributed by atoms with Crippen LogP contribution in [-0.2, 0) is 11.3 Å². The predicted molar refractivity (Wildman–Crippen MR) is 115 cm³/mol. The van der Waals surface area contributed by atoms with Crippen LogP contribution in [0.4, 0.5) is 0 Å². The third-order valence-corrected chi connectivity index (χ3v) is 5.13. The number of thioether (sulfide) groups is 1.